The summed E-state index contributed by atoms with van der Waals surface area (Å²) >= 11 is 0. The fourth-order valence-corrected chi connectivity index (χ4v) is 4.40. The summed E-state index contributed by atoms with van der Waals surface area (Å²) in [4.78, 5) is 0. The van der Waals surface area contributed by atoms with Gasteiger partial charge in [0.05, 0.1) is 6.10 Å². The fraction of sp³-hybridized carbons (Fsp3) is 1.00. The summed E-state index contributed by atoms with van der Waals surface area (Å²) in [6.45, 7) is 7.43. The maximum atomic E-state index is 5.57. The Kier molecular flexibility index (Phi) is 3.63. The molecule has 0 radical (unpaired) electrons. The van der Waals surface area contributed by atoms with E-state index in [9.17, 15) is 0 Å². The highest BCUT2D eigenvalue weighted by molar-refractivity contribution is 4.98. The largest absolute Gasteiger partial charge is 0.381 e. The normalized spacial score (nSPS) is 48.8. The highest BCUT2D eigenvalue weighted by atomic mass is 16.5. The van der Waals surface area contributed by atoms with Crippen LogP contribution in [0.3, 0.4) is 0 Å². The second kappa shape index (κ2) is 4.68. The molecule has 0 spiro atoms. The average Bonchev–Trinajstić information content (AvgIpc) is 2.31. The molecule has 16 heavy (non-hydrogen) atoms. The van der Waals surface area contributed by atoms with Gasteiger partial charge in [-0.2, -0.15) is 0 Å². The average molecular weight is 224 g/mol. The van der Waals surface area contributed by atoms with Gasteiger partial charge in [-0.15, -0.1) is 0 Å². The number of hydrogen-bond donors (Lipinski definition) is 0. The van der Waals surface area contributed by atoms with E-state index in [1.807, 2.05) is 7.11 Å². The van der Waals surface area contributed by atoms with E-state index in [-0.39, 0.29) is 0 Å². The van der Waals surface area contributed by atoms with E-state index in [2.05, 4.69) is 20.8 Å². The standard InChI is InChI=1S/C15H28O/c1-5-12-6-7-13-10-14(16-4)8-9-15(13,3)11(12)2/h11-14H,5-10H2,1-4H3/t11?,12?,13?,14-,15+/m0/s1. The minimum Gasteiger partial charge on any atom is -0.381 e. The van der Waals surface area contributed by atoms with Crippen LogP contribution in [0.1, 0.15) is 59.3 Å². The second-order valence-corrected chi connectivity index (χ2v) is 6.37. The van der Waals surface area contributed by atoms with Crippen LogP contribution >= 0.6 is 0 Å². The Labute approximate surface area is 101 Å². The number of fused-ring (bicyclic) bond motifs is 1. The van der Waals surface area contributed by atoms with Crippen LogP contribution in [0.4, 0.5) is 0 Å². The van der Waals surface area contributed by atoms with Gasteiger partial charge in [-0.25, -0.2) is 0 Å². The molecule has 0 N–H and O–H groups in total. The highest BCUT2D eigenvalue weighted by Crippen LogP contribution is 2.55. The molecule has 1 heteroatoms. The maximum absolute atomic E-state index is 5.57. The third kappa shape index (κ3) is 1.92. The molecule has 0 saturated heterocycles. The lowest BCUT2D eigenvalue weighted by molar-refractivity contribution is -0.0752. The van der Waals surface area contributed by atoms with Crippen molar-refractivity contribution in [3.05, 3.63) is 0 Å². The zero-order valence-electron chi connectivity index (χ0n) is 11.5. The molecule has 0 amide bonds. The highest BCUT2D eigenvalue weighted by Gasteiger charge is 2.48. The third-order valence-electron chi connectivity index (χ3n) is 5.98. The van der Waals surface area contributed by atoms with Crippen molar-refractivity contribution >= 4 is 0 Å². The van der Waals surface area contributed by atoms with Crippen LogP contribution in [-0.2, 0) is 4.74 Å². The van der Waals surface area contributed by atoms with Gasteiger partial charge in [0.15, 0.2) is 0 Å². The summed E-state index contributed by atoms with van der Waals surface area (Å²) in [5.41, 5.74) is 0.605. The molecule has 0 heterocycles. The number of rotatable bonds is 2. The van der Waals surface area contributed by atoms with Crippen molar-refractivity contribution in [3.63, 3.8) is 0 Å². The van der Waals surface area contributed by atoms with Crippen molar-refractivity contribution in [1.82, 2.24) is 0 Å². The summed E-state index contributed by atoms with van der Waals surface area (Å²) in [6, 6.07) is 0. The van der Waals surface area contributed by atoms with Crippen molar-refractivity contribution in [2.24, 2.45) is 23.2 Å². The van der Waals surface area contributed by atoms with Gasteiger partial charge in [0, 0.05) is 7.11 Å². The first-order chi connectivity index (χ1) is 7.61. The summed E-state index contributed by atoms with van der Waals surface area (Å²) in [7, 11) is 1.88. The Bertz CT molecular complexity index is 238. The Morgan fingerprint density at radius 2 is 2.00 bits per heavy atom. The molecule has 0 bridgehead atoms. The molecular formula is C15H28O. The molecule has 2 aliphatic carbocycles. The van der Waals surface area contributed by atoms with E-state index in [1.54, 1.807) is 0 Å². The van der Waals surface area contributed by atoms with Crippen LogP contribution < -0.4 is 0 Å². The van der Waals surface area contributed by atoms with Crippen molar-refractivity contribution in [1.29, 1.82) is 0 Å². The van der Waals surface area contributed by atoms with Crippen LogP contribution in [0, 0.1) is 23.2 Å². The van der Waals surface area contributed by atoms with Gasteiger partial charge in [0.1, 0.15) is 0 Å². The predicted octanol–water partition coefficient (Wildman–Crippen LogP) is 4.26. The lowest BCUT2D eigenvalue weighted by atomic mass is 9.52. The smallest absolute Gasteiger partial charge is 0.0574 e. The molecule has 0 aromatic carbocycles. The molecule has 2 saturated carbocycles. The van der Waals surface area contributed by atoms with E-state index in [0.29, 0.717) is 11.5 Å². The molecule has 2 aliphatic rings. The van der Waals surface area contributed by atoms with E-state index in [0.717, 1.165) is 17.8 Å². The SMILES string of the molecule is CCC1CCC2C[C@@H](OC)CC[C@]2(C)C1C. The number of methoxy groups -OCH3 is 1. The number of ether oxygens (including phenoxy) is 1. The second-order valence-electron chi connectivity index (χ2n) is 6.37. The molecular weight excluding hydrogens is 196 g/mol. The van der Waals surface area contributed by atoms with E-state index in [4.69, 9.17) is 4.74 Å². The van der Waals surface area contributed by atoms with Gasteiger partial charge >= 0.3 is 0 Å². The van der Waals surface area contributed by atoms with E-state index >= 15 is 0 Å². The minimum absolute atomic E-state index is 0.545. The van der Waals surface area contributed by atoms with E-state index < -0.39 is 0 Å². The van der Waals surface area contributed by atoms with Gasteiger partial charge < -0.3 is 4.74 Å². The van der Waals surface area contributed by atoms with Crippen LogP contribution in [-0.4, -0.2) is 13.2 Å². The summed E-state index contributed by atoms with van der Waals surface area (Å²) in [6.07, 6.45) is 8.79. The first-order valence-electron chi connectivity index (χ1n) is 7.14. The Morgan fingerprint density at radius 1 is 1.25 bits per heavy atom. The molecule has 0 aromatic rings. The minimum atomic E-state index is 0.545. The van der Waals surface area contributed by atoms with Crippen molar-refractivity contribution < 1.29 is 4.74 Å². The lowest BCUT2D eigenvalue weighted by Crippen LogP contribution is -2.46. The van der Waals surface area contributed by atoms with Gasteiger partial charge in [-0.05, 0) is 55.3 Å². The third-order valence-corrected chi connectivity index (χ3v) is 5.98. The predicted molar refractivity (Wildman–Crippen MR) is 68.4 cm³/mol. The molecule has 0 aliphatic heterocycles. The molecule has 3 unspecified atom stereocenters. The Morgan fingerprint density at radius 3 is 2.62 bits per heavy atom. The molecule has 2 rings (SSSR count). The Hall–Kier alpha value is -0.0400. The lowest BCUT2D eigenvalue weighted by Gasteiger charge is -2.54. The van der Waals surface area contributed by atoms with Crippen molar-refractivity contribution in [2.45, 2.75) is 65.4 Å². The molecule has 5 atom stereocenters. The first kappa shape index (κ1) is 12.4. The van der Waals surface area contributed by atoms with Gasteiger partial charge in [0.25, 0.3) is 0 Å². The Balaban J connectivity index is 2.10. The van der Waals surface area contributed by atoms with Gasteiger partial charge in [0.2, 0.25) is 0 Å². The summed E-state index contributed by atoms with van der Waals surface area (Å²) in [5.74, 6) is 2.80. The number of hydrogen-bond acceptors (Lipinski definition) is 1. The van der Waals surface area contributed by atoms with Crippen LogP contribution in [0.5, 0.6) is 0 Å². The van der Waals surface area contributed by atoms with Gasteiger partial charge in [-0.1, -0.05) is 27.2 Å². The zero-order valence-corrected chi connectivity index (χ0v) is 11.5. The topological polar surface area (TPSA) is 9.23 Å². The molecule has 0 aromatic heterocycles. The van der Waals surface area contributed by atoms with Crippen molar-refractivity contribution in [2.75, 3.05) is 7.11 Å². The van der Waals surface area contributed by atoms with Crippen LogP contribution in [0.2, 0.25) is 0 Å². The van der Waals surface area contributed by atoms with Crippen molar-refractivity contribution in [3.8, 4) is 0 Å². The molecule has 1 nitrogen and oxygen atoms in total. The van der Waals surface area contributed by atoms with Crippen LogP contribution in [0.15, 0.2) is 0 Å². The fourth-order valence-electron chi connectivity index (χ4n) is 4.40. The van der Waals surface area contributed by atoms with Gasteiger partial charge in [-0.3, -0.25) is 0 Å². The van der Waals surface area contributed by atoms with E-state index in [1.165, 1.54) is 38.5 Å². The monoisotopic (exact) mass is 224 g/mol. The first-order valence-corrected chi connectivity index (χ1v) is 7.14. The quantitative estimate of drug-likeness (QED) is 0.681. The zero-order chi connectivity index (χ0) is 11.8. The summed E-state index contributed by atoms with van der Waals surface area (Å²) in [5, 5.41) is 0. The maximum Gasteiger partial charge on any atom is 0.0574 e. The van der Waals surface area contributed by atoms with Crippen LogP contribution in [0.25, 0.3) is 0 Å². The molecule has 94 valence electrons. The summed E-state index contributed by atoms with van der Waals surface area (Å²) < 4.78 is 5.57. The molecule has 2 fully saturated rings.